The van der Waals surface area contributed by atoms with Gasteiger partial charge in [0, 0.05) is 24.5 Å². The number of amides is 1. The molecule has 0 bridgehead atoms. The van der Waals surface area contributed by atoms with Gasteiger partial charge in [-0.15, -0.1) is 0 Å². The molecule has 0 saturated heterocycles. The van der Waals surface area contributed by atoms with Crippen LogP contribution in [0.15, 0.2) is 82.4 Å². The molecule has 34 heavy (non-hydrogen) atoms. The zero-order valence-corrected chi connectivity index (χ0v) is 19.1. The van der Waals surface area contributed by atoms with Gasteiger partial charge in [-0.2, -0.15) is 0 Å². The number of carbonyl (C=O) groups is 1. The molecule has 0 radical (unpaired) electrons. The fraction of sp³-hybridized carbons (Fsp3) is 0.192. The molecule has 4 aromatic rings. The number of para-hydroxylation sites is 1. The highest BCUT2D eigenvalue weighted by Gasteiger charge is 2.14. The fourth-order valence-electron chi connectivity index (χ4n) is 3.81. The first-order valence-electron chi connectivity index (χ1n) is 10.9. The van der Waals surface area contributed by atoms with Crippen molar-refractivity contribution in [3.05, 3.63) is 116 Å². The zero-order valence-electron chi connectivity index (χ0n) is 18.3. The minimum absolute atomic E-state index is 0.106. The van der Waals surface area contributed by atoms with Crippen LogP contribution in [0.1, 0.15) is 24.0 Å². The van der Waals surface area contributed by atoms with E-state index in [9.17, 15) is 18.8 Å². The van der Waals surface area contributed by atoms with Gasteiger partial charge in [-0.25, -0.2) is 9.18 Å². The van der Waals surface area contributed by atoms with Crippen LogP contribution in [0.25, 0.3) is 10.9 Å². The Morgan fingerprint density at radius 2 is 1.62 bits per heavy atom. The van der Waals surface area contributed by atoms with E-state index < -0.39 is 5.69 Å². The Hall–Kier alpha value is -3.71. The van der Waals surface area contributed by atoms with Gasteiger partial charge in [0.1, 0.15) is 5.82 Å². The Morgan fingerprint density at radius 3 is 2.38 bits per heavy atom. The van der Waals surface area contributed by atoms with Gasteiger partial charge >= 0.3 is 5.69 Å². The molecular formula is C26H23ClFN3O3. The van der Waals surface area contributed by atoms with Crippen molar-refractivity contribution in [3.63, 3.8) is 0 Å². The Morgan fingerprint density at radius 1 is 0.912 bits per heavy atom. The summed E-state index contributed by atoms with van der Waals surface area (Å²) in [6.07, 6.45) is 0.458. The van der Waals surface area contributed by atoms with Crippen LogP contribution in [0.3, 0.4) is 0 Å². The summed E-state index contributed by atoms with van der Waals surface area (Å²) in [4.78, 5) is 38.5. The predicted octanol–water partition coefficient (Wildman–Crippen LogP) is 4.10. The number of halogens is 2. The van der Waals surface area contributed by atoms with Crippen molar-refractivity contribution < 1.29 is 9.18 Å². The first-order valence-corrected chi connectivity index (χ1v) is 11.3. The molecule has 0 aliphatic carbocycles. The molecule has 0 atom stereocenters. The second kappa shape index (κ2) is 10.5. The minimum atomic E-state index is -0.449. The Bertz CT molecular complexity index is 1440. The van der Waals surface area contributed by atoms with Gasteiger partial charge in [0.2, 0.25) is 5.91 Å². The average Bonchev–Trinajstić information content (AvgIpc) is 2.84. The number of aromatic nitrogens is 2. The number of carbonyl (C=O) groups excluding carboxylic acids is 1. The Balaban J connectivity index is 1.51. The molecule has 174 valence electrons. The van der Waals surface area contributed by atoms with Crippen LogP contribution in [0, 0.1) is 5.82 Å². The highest BCUT2D eigenvalue weighted by atomic mass is 35.5. The monoisotopic (exact) mass is 479 g/mol. The summed E-state index contributed by atoms with van der Waals surface area (Å²) >= 11 is 6.30. The van der Waals surface area contributed by atoms with Gasteiger partial charge in [-0.05, 0) is 47.9 Å². The lowest BCUT2D eigenvalue weighted by atomic mass is 10.2. The SMILES string of the molecule is O=C(CCCn1c(=O)c2ccccc2n(Cc2ccccc2Cl)c1=O)NCc1ccc(F)cc1. The van der Waals surface area contributed by atoms with Crippen LogP contribution in [0.5, 0.6) is 0 Å². The molecule has 8 heteroatoms. The van der Waals surface area contributed by atoms with E-state index in [1.165, 1.54) is 21.3 Å². The maximum absolute atomic E-state index is 13.3. The third kappa shape index (κ3) is 5.26. The van der Waals surface area contributed by atoms with Crippen LogP contribution in [-0.4, -0.2) is 15.0 Å². The summed E-state index contributed by atoms with van der Waals surface area (Å²) in [6.45, 7) is 0.603. The summed E-state index contributed by atoms with van der Waals surface area (Å²) in [5.41, 5.74) is 1.24. The normalized spacial score (nSPS) is 11.0. The highest BCUT2D eigenvalue weighted by molar-refractivity contribution is 6.31. The zero-order chi connectivity index (χ0) is 24.1. The molecule has 0 unspecified atom stereocenters. The number of hydrogen-bond acceptors (Lipinski definition) is 3. The molecule has 3 aromatic carbocycles. The summed E-state index contributed by atoms with van der Waals surface area (Å²) in [6, 6.07) is 20.1. The number of nitrogens with zero attached hydrogens (tertiary/aromatic N) is 2. The van der Waals surface area contributed by atoms with E-state index in [0.29, 0.717) is 22.3 Å². The highest BCUT2D eigenvalue weighted by Crippen LogP contribution is 2.17. The molecule has 0 spiro atoms. The van der Waals surface area contributed by atoms with Crippen molar-refractivity contribution in [2.45, 2.75) is 32.5 Å². The van der Waals surface area contributed by atoms with Gasteiger partial charge in [0.05, 0.1) is 17.4 Å². The average molecular weight is 480 g/mol. The summed E-state index contributed by atoms with van der Waals surface area (Å²) < 4.78 is 15.7. The number of rotatable bonds is 8. The molecular weight excluding hydrogens is 457 g/mol. The molecule has 0 aliphatic rings. The van der Waals surface area contributed by atoms with Gasteiger partial charge in [0.25, 0.3) is 5.56 Å². The van der Waals surface area contributed by atoms with Crippen molar-refractivity contribution in [1.29, 1.82) is 0 Å². The van der Waals surface area contributed by atoms with Crippen molar-refractivity contribution in [2.75, 3.05) is 0 Å². The topological polar surface area (TPSA) is 73.1 Å². The second-order valence-corrected chi connectivity index (χ2v) is 8.35. The lowest BCUT2D eigenvalue weighted by Gasteiger charge is -2.15. The maximum atomic E-state index is 13.3. The summed E-state index contributed by atoms with van der Waals surface area (Å²) in [7, 11) is 0. The van der Waals surface area contributed by atoms with Crippen LogP contribution in [0.4, 0.5) is 4.39 Å². The van der Waals surface area contributed by atoms with Crippen LogP contribution in [-0.2, 0) is 24.4 Å². The molecule has 1 N–H and O–H groups in total. The van der Waals surface area contributed by atoms with Gasteiger partial charge < -0.3 is 5.32 Å². The van der Waals surface area contributed by atoms with Crippen LogP contribution >= 0.6 is 11.6 Å². The lowest BCUT2D eigenvalue weighted by molar-refractivity contribution is -0.121. The van der Waals surface area contributed by atoms with E-state index in [4.69, 9.17) is 11.6 Å². The first kappa shape index (κ1) is 23.4. The van der Waals surface area contributed by atoms with Gasteiger partial charge in [-0.1, -0.05) is 54.1 Å². The van der Waals surface area contributed by atoms with E-state index in [-0.39, 0.29) is 43.3 Å². The Kier molecular flexibility index (Phi) is 7.23. The molecule has 0 fully saturated rings. The van der Waals surface area contributed by atoms with Crippen molar-refractivity contribution >= 4 is 28.4 Å². The van der Waals surface area contributed by atoms with E-state index in [1.54, 1.807) is 42.5 Å². The van der Waals surface area contributed by atoms with E-state index in [2.05, 4.69) is 5.32 Å². The lowest BCUT2D eigenvalue weighted by Crippen LogP contribution is -2.40. The molecule has 0 aliphatic heterocycles. The molecule has 4 rings (SSSR count). The third-order valence-corrected chi connectivity index (χ3v) is 5.98. The summed E-state index contributed by atoms with van der Waals surface area (Å²) in [5, 5.41) is 3.73. The molecule has 1 heterocycles. The van der Waals surface area contributed by atoms with E-state index in [0.717, 1.165) is 11.1 Å². The quantitative estimate of drug-likeness (QED) is 0.413. The van der Waals surface area contributed by atoms with Crippen molar-refractivity contribution in [3.8, 4) is 0 Å². The predicted molar refractivity (Wildman–Crippen MR) is 131 cm³/mol. The smallest absolute Gasteiger partial charge is 0.331 e. The maximum Gasteiger partial charge on any atom is 0.331 e. The first-order chi connectivity index (χ1) is 16.4. The molecule has 0 saturated carbocycles. The largest absolute Gasteiger partial charge is 0.352 e. The molecule has 1 aromatic heterocycles. The third-order valence-electron chi connectivity index (χ3n) is 5.61. The number of nitrogens with one attached hydrogen (secondary N) is 1. The van der Waals surface area contributed by atoms with Gasteiger partial charge in [0.15, 0.2) is 0 Å². The van der Waals surface area contributed by atoms with Crippen LogP contribution in [0.2, 0.25) is 5.02 Å². The van der Waals surface area contributed by atoms with Crippen molar-refractivity contribution in [2.24, 2.45) is 0 Å². The molecule has 6 nitrogen and oxygen atoms in total. The fourth-order valence-corrected chi connectivity index (χ4v) is 4.00. The van der Waals surface area contributed by atoms with Crippen LogP contribution < -0.4 is 16.6 Å². The van der Waals surface area contributed by atoms with Crippen molar-refractivity contribution in [1.82, 2.24) is 14.5 Å². The minimum Gasteiger partial charge on any atom is -0.352 e. The van der Waals surface area contributed by atoms with E-state index in [1.807, 2.05) is 18.2 Å². The second-order valence-electron chi connectivity index (χ2n) is 7.94. The number of hydrogen-bond donors (Lipinski definition) is 1. The standard InChI is InChI=1S/C26H23ClFN3O3/c27-22-8-3-1-6-19(22)17-31-23-9-4-2-7-21(23)25(33)30(26(31)34)15-5-10-24(32)29-16-18-11-13-20(28)14-12-18/h1-4,6-9,11-14H,5,10,15-17H2,(H,29,32). The Labute approximate surface area is 200 Å². The number of benzene rings is 3. The van der Waals surface area contributed by atoms with E-state index >= 15 is 0 Å². The summed E-state index contributed by atoms with van der Waals surface area (Å²) in [5.74, 6) is -0.550. The van der Waals surface area contributed by atoms with Gasteiger partial charge in [-0.3, -0.25) is 18.7 Å². The number of fused-ring (bicyclic) bond motifs is 1. The molecule has 1 amide bonds.